The third-order valence-corrected chi connectivity index (χ3v) is 11.2. The average Bonchev–Trinajstić information content (AvgIpc) is 3.69. The van der Waals surface area contributed by atoms with Gasteiger partial charge in [-0.05, 0) is 112 Å². The van der Waals surface area contributed by atoms with Crippen molar-refractivity contribution in [3.63, 3.8) is 0 Å². The number of carbonyl (C=O) groups is 4. The van der Waals surface area contributed by atoms with Gasteiger partial charge in [-0.1, -0.05) is 27.0 Å². The van der Waals surface area contributed by atoms with Crippen LogP contribution in [0.4, 0.5) is 0 Å². The highest BCUT2D eigenvalue weighted by molar-refractivity contribution is 5.92. The molecule has 4 fully saturated rings. The van der Waals surface area contributed by atoms with Crippen LogP contribution in [-0.2, 0) is 28.7 Å². The summed E-state index contributed by atoms with van der Waals surface area (Å²) in [7, 11) is 0. The Hall–Kier alpha value is -2.64. The first-order chi connectivity index (χ1) is 20.0. The van der Waals surface area contributed by atoms with Gasteiger partial charge in [0.2, 0.25) is 11.8 Å². The first kappa shape index (κ1) is 32.3. The van der Waals surface area contributed by atoms with E-state index in [4.69, 9.17) is 9.47 Å². The van der Waals surface area contributed by atoms with Crippen molar-refractivity contribution in [3.8, 4) is 0 Å². The van der Waals surface area contributed by atoms with Crippen molar-refractivity contribution in [2.45, 2.75) is 79.1 Å². The largest absolute Gasteiger partial charge is 0.465 e. The molecule has 0 aromatic rings. The van der Waals surface area contributed by atoms with Crippen LogP contribution < -0.4 is 10.6 Å². The Bertz CT molecular complexity index is 969. The molecule has 4 bridgehead atoms. The number of amides is 2. The number of carbonyl (C=O) groups excluding carboxylic acids is 4. The maximum Gasteiger partial charge on any atom is 0.307 e. The predicted molar refractivity (Wildman–Crippen MR) is 161 cm³/mol. The summed E-state index contributed by atoms with van der Waals surface area (Å²) in [5.41, 5.74) is 0.872. The molecule has 2 N–H and O–H groups in total. The standard InChI is InChI=1S/C34H52N2O6/c1-19(2)33(39)35-11-9-31(37)41-17-25-13-23-15-29(25)21(5)27(23)7-8-28-22(6)30-16-24(28)14-26(30)18-42-32(38)10-12-36-34(40)20(3)4/h21-30H,1,3,7-18H2,2,4-6H3,(H,35,39)(H,36,40). The van der Waals surface area contributed by atoms with E-state index in [2.05, 4.69) is 37.6 Å². The fourth-order valence-electron chi connectivity index (χ4n) is 9.05. The average molecular weight is 585 g/mol. The van der Waals surface area contributed by atoms with Crippen molar-refractivity contribution >= 4 is 23.8 Å². The van der Waals surface area contributed by atoms with Gasteiger partial charge < -0.3 is 20.1 Å². The number of hydrogen-bond acceptors (Lipinski definition) is 6. The third-order valence-electron chi connectivity index (χ3n) is 11.2. The van der Waals surface area contributed by atoms with Gasteiger partial charge in [-0.2, -0.15) is 0 Å². The summed E-state index contributed by atoms with van der Waals surface area (Å²) in [5.74, 6) is 5.63. The predicted octanol–water partition coefficient (Wildman–Crippen LogP) is 4.83. The van der Waals surface area contributed by atoms with Gasteiger partial charge in [0, 0.05) is 24.2 Å². The summed E-state index contributed by atoms with van der Waals surface area (Å²) in [5, 5.41) is 5.37. The fraction of sp³-hybridized carbons (Fsp3) is 0.765. The Morgan fingerprint density at radius 1 is 0.667 bits per heavy atom. The highest BCUT2D eigenvalue weighted by Gasteiger charge is 2.53. The second-order valence-corrected chi connectivity index (χ2v) is 13.9. The van der Waals surface area contributed by atoms with Crippen molar-refractivity contribution in [2.75, 3.05) is 26.3 Å². The molecule has 0 spiro atoms. The maximum atomic E-state index is 12.2. The molecule has 4 aliphatic rings. The second-order valence-electron chi connectivity index (χ2n) is 13.9. The summed E-state index contributed by atoms with van der Waals surface area (Å²) in [4.78, 5) is 47.5. The Morgan fingerprint density at radius 2 is 1.05 bits per heavy atom. The molecule has 0 aromatic carbocycles. The van der Waals surface area contributed by atoms with Crippen LogP contribution in [0.2, 0.25) is 0 Å². The van der Waals surface area contributed by atoms with Gasteiger partial charge in [0.25, 0.3) is 0 Å². The first-order valence-corrected chi connectivity index (χ1v) is 16.1. The minimum absolute atomic E-state index is 0.193. The molecular formula is C34H52N2O6. The van der Waals surface area contributed by atoms with E-state index in [1.165, 1.54) is 25.7 Å². The maximum absolute atomic E-state index is 12.2. The monoisotopic (exact) mass is 584 g/mol. The Kier molecular flexibility index (Phi) is 10.9. The molecule has 0 aliphatic heterocycles. The number of ether oxygens (including phenoxy) is 2. The fourth-order valence-corrected chi connectivity index (χ4v) is 9.05. The van der Waals surface area contributed by atoms with Crippen LogP contribution >= 0.6 is 0 Å². The van der Waals surface area contributed by atoms with E-state index in [0.29, 0.717) is 59.9 Å². The van der Waals surface area contributed by atoms with Gasteiger partial charge in [-0.25, -0.2) is 0 Å². The molecule has 10 atom stereocenters. The number of fused-ring (bicyclic) bond motifs is 4. The summed E-state index contributed by atoms with van der Waals surface area (Å²) in [6.07, 6.45) is 7.83. The molecule has 42 heavy (non-hydrogen) atoms. The zero-order chi connectivity index (χ0) is 30.6. The molecule has 4 rings (SSSR count). The number of hydrogen-bond donors (Lipinski definition) is 2. The SMILES string of the molecule is C=C(C)C(=O)NCCC(=O)OCC1CC2CC1C(C)C2CCC1C2CC(COC(=O)CCNC(=O)C(=C)C)C(C2)C1C. The lowest BCUT2D eigenvalue weighted by atomic mass is 9.69. The van der Waals surface area contributed by atoms with Crippen LogP contribution in [0.1, 0.15) is 79.1 Å². The number of esters is 2. The topological polar surface area (TPSA) is 111 Å². The normalized spacial score (nSPS) is 34.2. The molecule has 8 heteroatoms. The van der Waals surface area contributed by atoms with Crippen LogP contribution in [0.25, 0.3) is 0 Å². The van der Waals surface area contributed by atoms with Gasteiger partial charge >= 0.3 is 11.9 Å². The van der Waals surface area contributed by atoms with Gasteiger partial charge in [-0.3, -0.25) is 19.2 Å². The molecule has 2 amide bonds. The van der Waals surface area contributed by atoms with Crippen LogP contribution in [0.15, 0.2) is 24.3 Å². The van der Waals surface area contributed by atoms with E-state index in [1.54, 1.807) is 13.8 Å². The Balaban J connectivity index is 1.12. The highest BCUT2D eigenvalue weighted by Crippen LogP contribution is 2.60. The number of rotatable bonds is 15. The summed E-state index contributed by atoms with van der Waals surface area (Å²) >= 11 is 0. The van der Waals surface area contributed by atoms with Gasteiger partial charge in [0.15, 0.2) is 0 Å². The van der Waals surface area contributed by atoms with E-state index in [-0.39, 0.29) is 49.7 Å². The molecule has 0 heterocycles. The van der Waals surface area contributed by atoms with E-state index in [1.807, 2.05) is 0 Å². The zero-order valence-electron chi connectivity index (χ0n) is 26.1. The van der Waals surface area contributed by atoms with Crippen molar-refractivity contribution in [1.82, 2.24) is 10.6 Å². The highest BCUT2D eigenvalue weighted by atomic mass is 16.5. The molecule has 234 valence electrons. The minimum Gasteiger partial charge on any atom is -0.465 e. The summed E-state index contributed by atoms with van der Waals surface area (Å²) in [6.45, 7) is 16.9. The molecule has 0 aromatic heterocycles. The van der Waals surface area contributed by atoms with Gasteiger partial charge in [-0.15, -0.1) is 0 Å². The first-order valence-electron chi connectivity index (χ1n) is 16.1. The lowest BCUT2D eigenvalue weighted by Gasteiger charge is -2.37. The quantitative estimate of drug-likeness (QED) is 0.211. The lowest BCUT2D eigenvalue weighted by Crippen LogP contribution is -2.32. The molecule has 0 radical (unpaired) electrons. The second kappa shape index (κ2) is 14.2. The van der Waals surface area contributed by atoms with Crippen molar-refractivity contribution < 1.29 is 28.7 Å². The molecule has 4 saturated carbocycles. The Morgan fingerprint density at radius 3 is 1.38 bits per heavy atom. The zero-order valence-corrected chi connectivity index (χ0v) is 26.1. The van der Waals surface area contributed by atoms with Crippen LogP contribution in [0, 0.1) is 59.2 Å². The van der Waals surface area contributed by atoms with E-state index in [9.17, 15) is 19.2 Å². The minimum atomic E-state index is -0.241. The third kappa shape index (κ3) is 7.65. The molecule has 4 aliphatic carbocycles. The van der Waals surface area contributed by atoms with Crippen LogP contribution in [0.5, 0.6) is 0 Å². The van der Waals surface area contributed by atoms with Crippen molar-refractivity contribution in [3.05, 3.63) is 24.3 Å². The van der Waals surface area contributed by atoms with Crippen molar-refractivity contribution in [1.29, 1.82) is 0 Å². The van der Waals surface area contributed by atoms with Gasteiger partial charge in [0.05, 0.1) is 26.1 Å². The van der Waals surface area contributed by atoms with E-state index >= 15 is 0 Å². The lowest BCUT2D eigenvalue weighted by molar-refractivity contribution is -0.147. The molecular weight excluding hydrogens is 532 g/mol. The van der Waals surface area contributed by atoms with Crippen LogP contribution in [-0.4, -0.2) is 50.1 Å². The summed E-state index contributed by atoms with van der Waals surface area (Å²) in [6, 6.07) is 0. The van der Waals surface area contributed by atoms with Gasteiger partial charge in [0.1, 0.15) is 0 Å². The van der Waals surface area contributed by atoms with Crippen LogP contribution in [0.3, 0.4) is 0 Å². The molecule has 8 nitrogen and oxygen atoms in total. The Labute approximate surface area is 251 Å². The smallest absolute Gasteiger partial charge is 0.307 e. The van der Waals surface area contributed by atoms with E-state index in [0.717, 1.165) is 36.5 Å². The van der Waals surface area contributed by atoms with E-state index < -0.39 is 0 Å². The number of nitrogens with one attached hydrogen (secondary N) is 2. The molecule has 10 unspecified atom stereocenters. The molecule has 0 saturated heterocycles. The summed E-state index contributed by atoms with van der Waals surface area (Å²) < 4.78 is 11.2. The van der Waals surface area contributed by atoms with Crippen molar-refractivity contribution in [2.24, 2.45) is 59.2 Å².